The first-order valence-electron chi connectivity index (χ1n) is 5.39. The van der Waals surface area contributed by atoms with Gasteiger partial charge in [0.05, 0.1) is 0 Å². The van der Waals surface area contributed by atoms with Crippen molar-refractivity contribution >= 4 is 15.9 Å². The van der Waals surface area contributed by atoms with Crippen LogP contribution in [0.25, 0.3) is 0 Å². The lowest BCUT2D eigenvalue weighted by molar-refractivity contribution is 0.212. The largest absolute Gasteiger partial charge is 0.384 e. The third kappa shape index (κ3) is 2.31. The van der Waals surface area contributed by atoms with Gasteiger partial charge in [-0.25, -0.2) is 8.78 Å². The maximum atomic E-state index is 13.6. The maximum absolute atomic E-state index is 13.6. The van der Waals surface area contributed by atoms with Gasteiger partial charge in [0.1, 0.15) is 6.10 Å². The van der Waals surface area contributed by atoms with Gasteiger partial charge in [0.2, 0.25) is 0 Å². The molecular weight excluding hydrogens is 302 g/mol. The fourth-order valence-electron chi connectivity index (χ4n) is 1.78. The summed E-state index contributed by atoms with van der Waals surface area (Å²) in [5, 5.41) is 10.2. The van der Waals surface area contributed by atoms with Crippen LogP contribution in [0.4, 0.5) is 8.78 Å². The van der Waals surface area contributed by atoms with Crippen molar-refractivity contribution in [1.82, 2.24) is 0 Å². The Kier molecular flexibility index (Phi) is 3.78. The van der Waals surface area contributed by atoms with E-state index < -0.39 is 17.7 Å². The smallest absolute Gasteiger partial charge is 0.164 e. The maximum Gasteiger partial charge on any atom is 0.164 e. The van der Waals surface area contributed by atoms with E-state index in [-0.39, 0.29) is 5.56 Å². The highest BCUT2D eigenvalue weighted by molar-refractivity contribution is 9.10. The van der Waals surface area contributed by atoms with E-state index >= 15 is 0 Å². The fraction of sp³-hybridized carbons (Fsp3) is 0.143. The van der Waals surface area contributed by atoms with Crippen molar-refractivity contribution in [3.63, 3.8) is 0 Å². The monoisotopic (exact) mass is 312 g/mol. The summed E-state index contributed by atoms with van der Waals surface area (Å²) >= 11 is 3.34. The van der Waals surface area contributed by atoms with Gasteiger partial charge in [-0.15, -0.1) is 0 Å². The molecule has 0 saturated carbocycles. The predicted molar refractivity (Wildman–Crippen MR) is 69.3 cm³/mol. The molecule has 1 N–H and O–H groups in total. The first kappa shape index (κ1) is 13.2. The molecule has 0 heterocycles. The molecule has 1 atom stereocenters. The van der Waals surface area contributed by atoms with Gasteiger partial charge in [-0.05, 0) is 24.1 Å². The molecule has 1 nitrogen and oxygen atoms in total. The molecule has 0 fully saturated rings. The molecular formula is C14H11BrF2O. The summed E-state index contributed by atoms with van der Waals surface area (Å²) in [5.41, 5.74) is 1.36. The van der Waals surface area contributed by atoms with Gasteiger partial charge in [-0.3, -0.25) is 0 Å². The van der Waals surface area contributed by atoms with Gasteiger partial charge < -0.3 is 5.11 Å². The molecule has 0 radical (unpaired) electrons. The summed E-state index contributed by atoms with van der Waals surface area (Å²) in [6.45, 7) is 1.86. The molecule has 0 amide bonds. The number of benzene rings is 2. The van der Waals surface area contributed by atoms with E-state index in [1.165, 1.54) is 12.1 Å². The molecule has 2 rings (SSSR count). The predicted octanol–water partition coefficient (Wildman–Crippen LogP) is 4.12. The van der Waals surface area contributed by atoms with E-state index in [2.05, 4.69) is 15.9 Å². The van der Waals surface area contributed by atoms with E-state index in [0.29, 0.717) is 10.0 Å². The second-order valence-corrected chi connectivity index (χ2v) is 4.82. The number of hydrogen-bond acceptors (Lipinski definition) is 1. The van der Waals surface area contributed by atoms with E-state index in [4.69, 9.17) is 0 Å². The Morgan fingerprint density at radius 3 is 2.39 bits per heavy atom. The molecule has 94 valence electrons. The Morgan fingerprint density at radius 1 is 1.06 bits per heavy atom. The second-order valence-electron chi connectivity index (χ2n) is 4.02. The lowest BCUT2D eigenvalue weighted by Crippen LogP contribution is -2.05. The number of rotatable bonds is 2. The van der Waals surface area contributed by atoms with Crippen LogP contribution in [-0.4, -0.2) is 5.11 Å². The number of aliphatic hydroxyl groups is 1. The number of hydrogen-bond donors (Lipinski definition) is 1. The molecule has 0 spiro atoms. The molecule has 1 unspecified atom stereocenters. The summed E-state index contributed by atoms with van der Waals surface area (Å²) in [6.07, 6.45) is -1.20. The molecule has 2 aromatic carbocycles. The molecule has 0 aliphatic rings. The average molecular weight is 313 g/mol. The van der Waals surface area contributed by atoms with Crippen molar-refractivity contribution in [2.45, 2.75) is 13.0 Å². The quantitative estimate of drug-likeness (QED) is 0.884. The molecule has 0 aliphatic heterocycles. The topological polar surface area (TPSA) is 20.2 Å². The van der Waals surface area contributed by atoms with Crippen molar-refractivity contribution in [1.29, 1.82) is 0 Å². The van der Waals surface area contributed by atoms with Crippen molar-refractivity contribution in [3.8, 4) is 0 Å². The Bertz CT molecular complexity index is 533. The SMILES string of the molecule is Cc1cccc(C(O)c2cccc(F)c2F)c1Br. The van der Waals surface area contributed by atoms with Crippen LogP contribution >= 0.6 is 15.9 Å². The minimum atomic E-state index is -1.20. The van der Waals surface area contributed by atoms with Gasteiger partial charge in [-0.2, -0.15) is 0 Å². The van der Waals surface area contributed by atoms with Crippen molar-refractivity contribution in [3.05, 3.63) is 69.2 Å². The number of halogens is 3. The standard InChI is InChI=1S/C14H11BrF2O/c1-8-4-2-5-9(12(8)15)14(18)10-6-3-7-11(16)13(10)17/h2-7,14,18H,1H3. The lowest BCUT2D eigenvalue weighted by atomic mass is 9.99. The Balaban J connectivity index is 2.51. The van der Waals surface area contributed by atoms with Crippen LogP contribution in [0.3, 0.4) is 0 Å². The van der Waals surface area contributed by atoms with Crippen molar-refractivity contribution in [2.75, 3.05) is 0 Å². The van der Waals surface area contributed by atoms with Crippen LogP contribution in [0.15, 0.2) is 40.9 Å². The molecule has 0 aromatic heterocycles. The molecule has 0 aliphatic carbocycles. The van der Waals surface area contributed by atoms with Gasteiger partial charge in [0, 0.05) is 10.0 Å². The first-order chi connectivity index (χ1) is 8.52. The first-order valence-corrected chi connectivity index (χ1v) is 6.18. The zero-order chi connectivity index (χ0) is 13.3. The summed E-state index contributed by atoms with van der Waals surface area (Å²) in [4.78, 5) is 0. The second kappa shape index (κ2) is 5.16. The molecule has 18 heavy (non-hydrogen) atoms. The normalized spacial score (nSPS) is 12.5. The Morgan fingerprint density at radius 2 is 1.67 bits per heavy atom. The molecule has 0 saturated heterocycles. The van der Waals surface area contributed by atoms with E-state index in [1.54, 1.807) is 12.1 Å². The summed E-state index contributed by atoms with van der Waals surface area (Å²) in [7, 11) is 0. The molecule has 0 bridgehead atoms. The van der Waals surface area contributed by atoms with Crippen molar-refractivity contribution in [2.24, 2.45) is 0 Å². The highest BCUT2D eigenvalue weighted by Gasteiger charge is 2.19. The van der Waals surface area contributed by atoms with Crippen LogP contribution in [0.1, 0.15) is 22.8 Å². The zero-order valence-electron chi connectivity index (χ0n) is 9.62. The van der Waals surface area contributed by atoms with Crippen LogP contribution < -0.4 is 0 Å². The zero-order valence-corrected chi connectivity index (χ0v) is 11.2. The summed E-state index contributed by atoms with van der Waals surface area (Å²) in [5.74, 6) is -1.98. The Hall–Kier alpha value is -1.26. The Labute approximate surface area is 112 Å². The molecule has 4 heteroatoms. The van der Waals surface area contributed by atoms with Crippen LogP contribution in [0.5, 0.6) is 0 Å². The minimum absolute atomic E-state index is 0.0682. The van der Waals surface area contributed by atoms with Crippen molar-refractivity contribution < 1.29 is 13.9 Å². The van der Waals surface area contributed by atoms with E-state index in [9.17, 15) is 13.9 Å². The van der Waals surface area contributed by atoms with Gasteiger partial charge in [-0.1, -0.05) is 46.3 Å². The number of aryl methyl sites for hydroxylation is 1. The van der Waals surface area contributed by atoms with Crippen LogP contribution in [0, 0.1) is 18.6 Å². The van der Waals surface area contributed by atoms with Gasteiger partial charge in [0.15, 0.2) is 11.6 Å². The third-order valence-corrected chi connectivity index (χ3v) is 3.88. The highest BCUT2D eigenvalue weighted by Crippen LogP contribution is 2.32. The van der Waals surface area contributed by atoms with Crippen LogP contribution in [0.2, 0.25) is 0 Å². The number of aliphatic hydroxyl groups excluding tert-OH is 1. The van der Waals surface area contributed by atoms with Gasteiger partial charge in [0.25, 0.3) is 0 Å². The third-order valence-electron chi connectivity index (χ3n) is 2.79. The molecule has 2 aromatic rings. The van der Waals surface area contributed by atoms with E-state index in [1.807, 2.05) is 13.0 Å². The minimum Gasteiger partial charge on any atom is -0.384 e. The lowest BCUT2D eigenvalue weighted by Gasteiger charge is -2.15. The van der Waals surface area contributed by atoms with E-state index in [0.717, 1.165) is 11.6 Å². The van der Waals surface area contributed by atoms with Gasteiger partial charge >= 0.3 is 0 Å². The average Bonchev–Trinajstić information content (AvgIpc) is 2.35. The summed E-state index contributed by atoms with van der Waals surface area (Å²) in [6, 6.07) is 9.07. The highest BCUT2D eigenvalue weighted by atomic mass is 79.9. The summed E-state index contributed by atoms with van der Waals surface area (Å²) < 4.78 is 27.5. The fourth-order valence-corrected chi connectivity index (χ4v) is 2.26. The van der Waals surface area contributed by atoms with Crippen LogP contribution in [-0.2, 0) is 0 Å².